The normalized spacial score (nSPS) is 12.8. The summed E-state index contributed by atoms with van der Waals surface area (Å²) in [6, 6.07) is 4.25. The average Bonchev–Trinajstić information content (AvgIpc) is 2.19. The van der Waals surface area contributed by atoms with Crippen molar-refractivity contribution in [3.63, 3.8) is 0 Å². The number of rotatable bonds is 5. The van der Waals surface area contributed by atoms with Crippen LogP contribution in [0.1, 0.15) is 38.4 Å². The number of halogens is 1. The highest BCUT2D eigenvalue weighted by atomic mass is 35.5. The van der Waals surface area contributed by atoms with E-state index in [-0.39, 0.29) is 0 Å². The maximum absolute atomic E-state index is 5.79. The van der Waals surface area contributed by atoms with E-state index in [1.807, 2.05) is 12.1 Å². The van der Waals surface area contributed by atoms with Crippen LogP contribution in [-0.2, 0) is 0 Å². The molecule has 1 aromatic heterocycles. The summed E-state index contributed by atoms with van der Waals surface area (Å²) in [6.45, 7) is 5.26. The fraction of sp³-hybridized carbons (Fsp3) is 0.545. The minimum Gasteiger partial charge on any atom is -0.309 e. The van der Waals surface area contributed by atoms with Crippen LogP contribution in [0.3, 0.4) is 0 Å². The Kier molecular flexibility index (Phi) is 4.91. The Balaban J connectivity index is 2.71. The third-order valence-electron chi connectivity index (χ3n) is 2.14. The van der Waals surface area contributed by atoms with E-state index >= 15 is 0 Å². The van der Waals surface area contributed by atoms with Gasteiger partial charge in [0.05, 0.1) is 10.7 Å². The highest BCUT2D eigenvalue weighted by Crippen LogP contribution is 2.17. The lowest BCUT2D eigenvalue weighted by molar-refractivity contribution is 0.498. The molecule has 78 valence electrons. The van der Waals surface area contributed by atoms with Crippen molar-refractivity contribution >= 4 is 11.6 Å². The van der Waals surface area contributed by atoms with Gasteiger partial charge in [-0.1, -0.05) is 31.9 Å². The van der Waals surface area contributed by atoms with Crippen molar-refractivity contribution in [3.05, 3.63) is 29.0 Å². The number of aromatic nitrogens is 1. The molecule has 0 fully saturated rings. The van der Waals surface area contributed by atoms with Gasteiger partial charge in [0.2, 0.25) is 0 Å². The van der Waals surface area contributed by atoms with E-state index in [1.165, 1.54) is 0 Å². The van der Waals surface area contributed by atoms with Crippen molar-refractivity contribution in [3.8, 4) is 0 Å². The van der Waals surface area contributed by atoms with Gasteiger partial charge in [-0.05, 0) is 25.1 Å². The smallest absolute Gasteiger partial charge is 0.0589 e. The van der Waals surface area contributed by atoms with Gasteiger partial charge >= 0.3 is 0 Å². The lowest BCUT2D eigenvalue weighted by atomic mass is 10.1. The van der Waals surface area contributed by atoms with Crippen LogP contribution in [0, 0.1) is 0 Å². The van der Waals surface area contributed by atoms with E-state index in [9.17, 15) is 0 Å². The first kappa shape index (κ1) is 11.5. The molecule has 0 bridgehead atoms. The maximum Gasteiger partial charge on any atom is 0.0589 e. The van der Waals surface area contributed by atoms with Crippen molar-refractivity contribution in [1.82, 2.24) is 10.3 Å². The average molecular weight is 213 g/mol. The van der Waals surface area contributed by atoms with Crippen LogP contribution >= 0.6 is 11.6 Å². The third-order valence-corrected chi connectivity index (χ3v) is 2.36. The minimum absolute atomic E-state index is 0.363. The molecule has 0 aliphatic rings. The Labute approximate surface area is 90.7 Å². The number of pyridine rings is 1. The molecule has 0 radical (unpaired) electrons. The topological polar surface area (TPSA) is 24.9 Å². The van der Waals surface area contributed by atoms with E-state index in [0.29, 0.717) is 11.1 Å². The molecule has 0 saturated carbocycles. The summed E-state index contributed by atoms with van der Waals surface area (Å²) in [5.74, 6) is 0. The zero-order valence-corrected chi connectivity index (χ0v) is 9.51. The van der Waals surface area contributed by atoms with Gasteiger partial charge in [-0.2, -0.15) is 0 Å². The van der Waals surface area contributed by atoms with Gasteiger partial charge in [-0.15, -0.1) is 0 Å². The Morgan fingerprint density at radius 3 is 2.71 bits per heavy atom. The third kappa shape index (κ3) is 3.28. The van der Waals surface area contributed by atoms with E-state index in [1.54, 1.807) is 6.20 Å². The van der Waals surface area contributed by atoms with Crippen molar-refractivity contribution in [2.45, 2.75) is 32.7 Å². The molecule has 1 heterocycles. The van der Waals surface area contributed by atoms with Crippen LogP contribution in [0.2, 0.25) is 5.02 Å². The highest BCUT2D eigenvalue weighted by Gasteiger charge is 2.09. The van der Waals surface area contributed by atoms with E-state index in [2.05, 4.69) is 24.1 Å². The lowest BCUT2D eigenvalue weighted by Crippen LogP contribution is -2.21. The summed E-state index contributed by atoms with van der Waals surface area (Å²) < 4.78 is 0. The van der Waals surface area contributed by atoms with Gasteiger partial charge in [0.25, 0.3) is 0 Å². The van der Waals surface area contributed by atoms with Gasteiger partial charge in [0.1, 0.15) is 0 Å². The molecule has 0 saturated heterocycles. The van der Waals surface area contributed by atoms with Crippen molar-refractivity contribution in [2.24, 2.45) is 0 Å². The molecule has 2 nitrogen and oxygen atoms in total. The molecule has 1 unspecified atom stereocenters. The van der Waals surface area contributed by atoms with Gasteiger partial charge in [-0.25, -0.2) is 0 Å². The first-order chi connectivity index (χ1) is 6.77. The SMILES string of the molecule is CCCC(NCC)c1ccc(Cl)cn1. The molecular formula is C11H17ClN2. The fourth-order valence-corrected chi connectivity index (χ4v) is 1.59. The maximum atomic E-state index is 5.79. The molecule has 0 aliphatic carbocycles. The predicted molar refractivity (Wildman–Crippen MR) is 60.6 cm³/mol. The van der Waals surface area contributed by atoms with E-state index < -0.39 is 0 Å². The lowest BCUT2D eigenvalue weighted by Gasteiger charge is -2.16. The molecule has 1 rings (SSSR count). The molecule has 0 aromatic carbocycles. The van der Waals surface area contributed by atoms with Crippen LogP contribution < -0.4 is 5.32 Å². The molecule has 0 amide bonds. The summed E-state index contributed by atoms with van der Waals surface area (Å²) in [6.07, 6.45) is 3.97. The summed E-state index contributed by atoms with van der Waals surface area (Å²) in [4.78, 5) is 4.32. The van der Waals surface area contributed by atoms with Crippen molar-refractivity contribution < 1.29 is 0 Å². The Morgan fingerprint density at radius 2 is 2.21 bits per heavy atom. The molecule has 1 atom stereocenters. The zero-order chi connectivity index (χ0) is 10.4. The van der Waals surface area contributed by atoms with Crippen LogP contribution in [0.15, 0.2) is 18.3 Å². The second-order valence-corrected chi connectivity index (χ2v) is 3.74. The van der Waals surface area contributed by atoms with Crippen LogP contribution in [0.4, 0.5) is 0 Å². The van der Waals surface area contributed by atoms with Gasteiger partial charge in [0, 0.05) is 12.2 Å². The van der Waals surface area contributed by atoms with E-state index in [4.69, 9.17) is 11.6 Å². The summed E-state index contributed by atoms with van der Waals surface area (Å²) in [7, 11) is 0. The van der Waals surface area contributed by atoms with Crippen LogP contribution in [-0.4, -0.2) is 11.5 Å². The van der Waals surface area contributed by atoms with Crippen molar-refractivity contribution in [1.29, 1.82) is 0 Å². The molecule has 0 aliphatic heterocycles. The molecule has 1 N–H and O–H groups in total. The first-order valence-corrected chi connectivity index (χ1v) is 5.50. The number of hydrogen-bond donors (Lipinski definition) is 1. The van der Waals surface area contributed by atoms with Crippen LogP contribution in [0.5, 0.6) is 0 Å². The summed E-state index contributed by atoms with van der Waals surface area (Å²) >= 11 is 5.79. The monoisotopic (exact) mass is 212 g/mol. The van der Waals surface area contributed by atoms with Gasteiger partial charge in [-0.3, -0.25) is 4.98 Å². The standard InChI is InChI=1S/C11H17ClN2/c1-3-5-10(13-4-2)11-7-6-9(12)8-14-11/h6-8,10,13H,3-5H2,1-2H3. The second kappa shape index (κ2) is 5.99. The van der Waals surface area contributed by atoms with E-state index in [0.717, 1.165) is 25.1 Å². The molecule has 3 heteroatoms. The fourth-order valence-electron chi connectivity index (χ4n) is 1.48. The molecular weight excluding hydrogens is 196 g/mol. The molecule has 14 heavy (non-hydrogen) atoms. The number of nitrogens with one attached hydrogen (secondary N) is 1. The number of nitrogens with zero attached hydrogens (tertiary/aromatic N) is 1. The quantitative estimate of drug-likeness (QED) is 0.811. The summed E-state index contributed by atoms with van der Waals surface area (Å²) in [5, 5.41) is 4.11. The second-order valence-electron chi connectivity index (χ2n) is 3.30. The van der Waals surface area contributed by atoms with Gasteiger partial charge in [0.15, 0.2) is 0 Å². The van der Waals surface area contributed by atoms with Crippen molar-refractivity contribution in [2.75, 3.05) is 6.54 Å². The molecule has 0 spiro atoms. The Hall–Kier alpha value is -0.600. The predicted octanol–water partition coefficient (Wildman–Crippen LogP) is 3.19. The Morgan fingerprint density at radius 1 is 1.43 bits per heavy atom. The first-order valence-electron chi connectivity index (χ1n) is 5.12. The summed E-state index contributed by atoms with van der Waals surface area (Å²) in [5.41, 5.74) is 1.08. The highest BCUT2D eigenvalue weighted by molar-refractivity contribution is 6.30. The van der Waals surface area contributed by atoms with Gasteiger partial charge < -0.3 is 5.32 Å². The largest absolute Gasteiger partial charge is 0.309 e. The Bertz CT molecular complexity index is 252. The van der Waals surface area contributed by atoms with Crippen LogP contribution in [0.25, 0.3) is 0 Å². The number of hydrogen-bond acceptors (Lipinski definition) is 2. The zero-order valence-electron chi connectivity index (χ0n) is 8.76. The minimum atomic E-state index is 0.363. The molecule has 1 aromatic rings.